The Morgan fingerprint density at radius 1 is 1.18 bits per heavy atom. The van der Waals surface area contributed by atoms with Crippen molar-refractivity contribution >= 4 is 28.9 Å². The summed E-state index contributed by atoms with van der Waals surface area (Å²) in [4.78, 5) is 25.0. The largest absolute Gasteiger partial charge is 0.481 e. The van der Waals surface area contributed by atoms with Crippen molar-refractivity contribution in [3.8, 4) is 10.4 Å². The van der Waals surface area contributed by atoms with Crippen LogP contribution in [0.3, 0.4) is 0 Å². The summed E-state index contributed by atoms with van der Waals surface area (Å²) in [5.41, 5.74) is 3.08. The fourth-order valence-electron chi connectivity index (χ4n) is 4.43. The van der Waals surface area contributed by atoms with Gasteiger partial charge in [0.15, 0.2) is 5.82 Å². The molecule has 2 aromatic heterocycles. The van der Waals surface area contributed by atoms with Crippen LogP contribution >= 0.6 is 11.3 Å². The maximum atomic E-state index is 13.5. The predicted molar refractivity (Wildman–Crippen MR) is 125 cm³/mol. The van der Waals surface area contributed by atoms with Gasteiger partial charge in [-0.3, -0.25) is 4.79 Å². The number of nitrogens with zero attached hydrogens (tertiary/aromatic N) is 3. The molecular formula is C24H27FN4O3S. The molecule has 0 saturated heterocycles. The molecule has 3 N–H and O–H groups in total. The monoisotopic (exact) mass is 470 g/mol. The van der Waals surface area contributed by atoms with Gasteiger partial charge >= 0.3 is 5.97 Å². The molecule has 9 heteroatoms. The Morgan fingerprint density at radius 2 is 1.94 bits per heavy atom. The molecule has 1 atom stereocenters. The van der Waals surface area contributed by atoms with E-state index in [1.54, 1.807) is 18.3 Å². The van der Waals surface area contributed by atoms with Crippen LogP contribution in [0.1, 0.15) is 47.9 Å². The van der Waals surface area contributed by atoms with E-state index < -0.39 is 11.8 Å². The van der Waals surface area contributed by atoms with E-state index in [0.717, 1.165) is 45.7 Å². The highest BCUT2D eigenvalue weighted by molar-refractivity contribution is 7.15. The van der Waals surface area contributed by atoms with Crippen LogP contribution in [-0.4, -0.2) is 37.7 Å². The van der Waals surface area contributed by atoms with Crippen LogP contribution in [0.2, 0.25) is 0 Å². The molecule has 1 fully saturated rings. The summed E-state index contributed by atoms with van der Waals surface area (Å²) < 4.78 is 13.5. The summed E-state index contributed by atoms with van der Waals surface area (Å²) in [5, 5.41) is 23.3. The molecule has 3 aromatic rings. The third-order valence-corrected chi connectivity index (χ3v) is 7.44. The number of carbonyl (C=O) groups is 1. The molecule has 0 spiro atoms. The van der Waals surface area contributed by atoms with Gasteiger partial charge in [-0.15, -0.1) is 11.3 Å². The van der Waals surface area contributed by atoms with E-state index in [9.17, 15) is 19.4 Å². The molecule has 1 aliphatic rings. The molecule has 33 heavy (non-hydrogen) atoms. The molecule has 2 heterocycles. The number of nitrogens with one attached hydrogen (secondary N) is 1. The van der Waals surface area contributed by atoms with Crippen LogP contribution in [0.25, 0.3) is 10.4 Å². The smallest absolute Gasteiger partial charge is 0.306 e. The third kappa shape index (κ3) is 5.36. The number of aliphatic hydroxyl groups excluding tert-OH is 1. The van der Waals surface area contributed by atoms with Crippen LogP contribution in [0.5, 0.6) is 0 Å². The Bertz CT molecular complexity index is 1140. The second-order valence-corrected chi connectivity index (χ2v) is 9.70. The number of hydrogen-bond acceptors (Lipinski definition) is 7. The molecule has 4 rings (SSSR count). The first-order chi connectivity index (χ1) is 15.8. The van der Waals surface area contributed by atoms with E-state index in [2.05, 4.69) is 26.3 Å². The van der Waals surface area contributed by atoms with Crippen molar-refractivity contribution in [3.05, 3.63) is 52.7 Å². The summed E-state index contributed by atoms with van der Waals surface area (Å²) in [5.74, 6) is -0.977. The minimum Gasteiger partial charge on any atom is -0.481 e. The number of rotatable bonds is 7. The van der Waals surface area contributed by atoms with Crippen molar-refractivity contribution in [2.75, 3.05) is 11.9 Å². The second kappa shape index (κ2) is 9.93. The van der Waals surface area contributed by atoms with E-state index in [1.165, 1.54) is 0 Å². The van der Waals surface area contributed by atoms with Gasteiger partial charge in [-0.2, -0.15) is 0 Å². The Morgan fingerprint density at radius 3 is 2.61 bits per heavy atom. The van der Waals surface area contributed by atoms with Crippen molar-refractivity contribution in [1.82, 2.24) is 15.0 Å². The maximum absolute atomic E-state index is 13.5. The van der Waals surface area contributed by atoms with Gasteiger partial charge in [0.05, 0.1) is 34.3 Å². The number of aromatic nitrogens is 3. The zero-order valence-corrected chi connectivity index (χ0v) is 19.4. The summed E-state index contributed by atoms with van der Waals surface area (Å²) >= 11 is 1.55. The number of anilines is 2. The van der Waals surface area contributed by atoms with Crippen molar-refractivity contribution in [2.45, 2.75) is 45.4 Å². The Kier molecular flexibility index (Phi) is 6.99. The lowest BCUT2D eigenvalue weighted by atomic mass is 9.76. The molecule has 1 aliphatic carbocycles. The lowest BCUT2D eigenvalue weighted by Gasteiger charge is -2.30. The molecule has 0 aliphatic heterocycles. The van der Waals surface area contributed by atoms with Crippen LogP contribution in [-0.2, 0) is 4.79 Å². The highest BCUT2D eigenvalue weighted by atomic mass is 32.1. The highest BCUT2D eigenvalue weighted by Crippen LogP contribution is 2.41. The number of carboxylic acids is 1. The van der Waals surface area contributed by atoms with Crippen molar-refractivity contribution in [3.63, 3.8) is 0 Å². The molecule has 174 valence electrons. The normalized spacial score (nSPS) is 19.3. The first-order valence-electron chi connectivity index (χ1n) is 11.0. The van der Waals surface area contributed by atoms with Gasteiger partial charge in [0.1, 0.15) is 0 Å². The average Bonchev–Trinajstić information content (AvgIpc) is 3.27. The number of halogens is 1. The summed E-state index contributed by atoms with van der Waals surface area (Å²) in [6.45, 7) is 3.58. The molecular weight excluding hydrogens is 443 g/mol. The zero-order valence-electron chi connectivity index (χ0n) is 18.6. The lowest BCUT2D eigenvalue weighted by Crippen LogP contribution is -2.26. The van der Waals surface area contributed by atoms with E-state index >= 15 is 0 Å². The van der Waals surface area contributed by atoms with E-state index in [0.29, 0.717) is 18.8 Å². The molecule has 0 bridgehead atoms. The van der Waals surface area contributed by atoms with Gasteiger partial charge in [0.2, 0.25) is 5.95 Å². The molecule has 0 radical (unpaired) electrons. The van der Waals surface area contributed by atoms with Gasteiger partial charge in [-0.05, 0) is 68.7 Å². The number of aliphatic carboxylic acids is 1. The minimum atomic E-state index is -0.726. The first-order valence-corrected chi connectivity index (χ1v) is 11.8. The SMILES string of the molecule is Cc1cc(Nc2ncc(F)c(C)n2)cc(-c2cnc(C(CO)C3CCC(C(=O)O)CC3)s2)c1. The van der Waals surface area contributed by atoms with Gasteiger partial charge in [0.25, 0.3) is 0 Å². The molecule has 1 unspecified atom stereocenters. The van der Waals surface area contributed by atoms with Gasteiger partial charge < -0.3 is 15.5 Å². The summed E-state index contributed by atoms with van der Waals surface area (Å²) in [6, 6.07) is 5.99. The number of aliphatic hydroxyl groups is 1. The summed E-state index contributed by atoms with van der Waals surface area (Å²) in [6.07, 6.45) is 5.83. The fraction of sp³-hybridized carbons (Fsp3) is 0.417. The van der Waals surface area contributed by atoms with Gasteiger partial charge in [-0.25, -0.2) is 19.3 Å². The summed E-state index contributed by atoms with van der Waals surface area (Å²) in [7, 11) is 0. The predicted octanol–water partition coefficient (Wildman–Crippen LogP) is 5.07. The van der Waals surface area contributed by atoms with E-state index in [4.69, 9.17) is 0 Å². The van der Waals surface area contributed by atoms with E-state index in [1.807, 2.05) is 25.3 Å². The Balaban J connectivity index is 1.52. The van der Waals surface area contributed by atoms with Crippen molar-refractivity contribution in [2.24, 2.45) is 11.8 Å². The maximum Gasteiger partial charge on any atom is 0.306 e. The Labute approximate surface area is 195 Å². The van der Waals surface area contributed by atoms with Crippen LogP contribution < -0.4 is 5.32 Å². The number of hydrogen-bond donors (Lipinski definition) is 3. The quantitative estimate of drug-likeness (QED) is 0.443. The van der Waals surface area contributed by atoms with Crippen LogP contribution in [0, 0.1) is 31.5 Å². The first kappa shape index (κ1) is 23.3. The van der Waals surface area contributed by atoms with Crippen LogP contribution in [0.15, 0.2) is 30.6 Å². The van der Waals surface area contributed by atoms with Crippen molar-refractivity contribution < 1.29 is 19.4 Å². The van der Waals surface area contributed by atoms with E-state index in [-0.39, 0.29) is 30.1 Å². The van der Waals surface area contributed by atoms with Gasteiger partial charge in [0, 0.05) is 17.8 Å². The standard InChI is InChI=1S/C24H27FN4O3S/c1-13-7-17(9-18(8-13)29-24-27-10-20(25)14(2)28-24)21-11-26-22(33-21)19(12-30)15-3-5-16(6-4-15)23(31)32/h7-11,15-16,19,30H,3-6,12H2,1-2H3,(H,31,32)(H,27,28,29). The lowest BCUT2D eigenvalue weighted by molar-refractivity contribution is -0.143. The minimum absolute atomic E-state index is 0.00274. The number of thiazole rings is 1. The topological polar surface area (TPSA) is 108 Å². The second-order valence-electron chi connectivity index (χ2n) is 8.64. The fourth-order valence-corrected chi connectivity index (χ4v) is 5.52. The zero-order chi connectivity index (χ0) is 23.5. The Hall–Kier alpha value is -2.91. The molecule has 1 aromatic carbocycles. The highest BCUT2D eigenvalue weighted by Gasteiger charge is 2.32. The third-order valence-electron chi connectivity index (χ3n) is 6.27. The molecule has 1 saturated carbocycles. The average molecular weight is 471 g/mol. The number of aryl methyl sites for hydroxylation is 2. The molecule has 0 amide bonds. The van der Waals surface area contributed by atoms with Gasteiger partial charge in [-0.1, -0.05) is 6.07 Å². The number of benzene rings is 1. The molecule has 7 nitrogen and oxygen atoms in total. The van der Waals surface area contributed by atoms with Crippen LogP contribution in [0.4, 0.5) is 16.0 Å². The number of carboxylic acid groups (broad SMARTS) is 1. The van der Waals surface area contributed by atoms with Crippen molar-refractivity contribution in [1.29, 1.82) is 0 Å².